The summed E-state index contributed by atoms with van der Waals surface area (Å²) in [4.78, 5) is 0. The lowest BCUT2D eigenvalue weighted by atomic mass is 9.82. The van der Waals surface area contributed by atoms with Crippen molar-refractivity contribution >= 4 is 5.69 Å². The molecular formula is C18H25N4+. The predicted octanol–water partition coefficient (Wildman–Crippen LogP) is 3.00. The van der Waals surface area contributed by atoms with E-state index in [1.54, 1.807) is 0 Å². The second-order valence-electron chi connectivity index (χ2n) is 6.28. The van der Waals surface area contributed by atoms with Gasteiger partial charge >= 0.3 is 0 Å². The van der Waals surface area contributed by atoms with Gasteiger partial charge in [-0.05, 0) is 36.6 Å². The summed E-state index contributed by atoms with van der Waals surface area (Å²) in [6.45, 7) is 10.3. The fourth-order valence-corrected chi connectivity index (χ4v) is 2.55. The summed E-state index contributed by atoms with van der Waals surface area (Å²) in [7, 11) is 0. The van der Waals surface area contributed by atoms with Crippen LogP contribution in [0.3, 0.4) is 0 Å². The number of rotatable bonds is 6. The van der Waals surface area contributed by atoms with Crippen LogP contribution >= 0.6 is 0 Å². The number of nitrogens with two attached hydrogens (primary N) is 1. The van der Waals surface area contributed by atoms with Crippen LogP contribution in [0.2, 0.25) is 0 Å². The number of hydrogen-bond acceptors (Lipinski definition) is 3. The molecule has 0 radical (unpaired) electrons. The molecule has 0 spiro atoms. The lowest BCUT2D eigenvalue weighted by Crippen LogP contribution is -2.43. The molecule has 2 aromatic rings. The molecule has 22 heavy (non-hydrogen) atoms. The van der Waals surface area contributed by atoms with Crippen molar-refractivity contribution in [3.63, 3.8) is 0 Å². The van der Waals surface area contributed by atoms with E-state index >= 15 is 0 Å². The Hall–Kier alpha value is -2.23. The molecule has 0 amide bonds. The van der Waals surface area contributed by atoms with E-state index in [1.165, 1.54) is 5.56 Å². The summed E-state index contributed by atoms with van der Waals surface area (Å²) in [6.07, 6.45) is 5.73. The fraction of sp³-hybridized carbons (Fsp3) is 0.389. The molecule has 0 aliphatic heterocycles. The first-order valence-electron chi connectivity index (χ1n) is 7.69. The first kappa shape index (κ1) is 16.1. The highest BCUT2D eigenvalue weighted by molar-refractivity contribution is 5.39. The zero-order valence-corrected chi connectivity index (χ0v) is 13.7. The molecule has 2 rings (SSSR count). The summed E-state index contributed by atoms with van der Waals surface area (Å²) in [5, 5.41) is 8.74. The Kier molecular flexibility index (Phi) is 4.91. The monoisotopic (exact) mass is 297 g/mol. The van der Waals surface area contributed by atoms with Gasteiger partial charge in [0, 0.05) is 17.2 Å². The minimum atomic E-state index is -0.0852. The first-order valence-corrected chi connectivity index (χ1v) is 7.69. The minimum Gasteiger partial charge on any atom is -0.399 e. The number of hydrogen-bond donors (Lipinski definition) is 1. The minimum absolute atomic E-state index is 0.0852. The average Bonchev–Trinajstić information content (AvgIpc) is 2.51. The second kappa shape index (κ2) is 6.69. The Morgan fingerprint density at radius 3 is 2.45 bits per heavy atom. The SMILES string of the molecule is C=CC(CC)[n+]1ccc(C(C)(C)Cc2ccc(N)cc2)nn1. The molecular weight excluding hydrogens is 272 g/mol. The zero-order valence-electron chi connectivity index (χ0n) is 13.7. The van der Waals surface area contributed by atoms with Crippen LogP contribution in [0.4, 0.5) is 5.69 Å². The van der Waals surface area contributed by atoms with E-state index in [0.29, 0.717) is 0 Å². The van der Waals surface area contributed by atoms with Crippen molar-refractivity contribution in [1.29, 1.82) is 0 Å². The van der Waals surface area contributed by atoms with Crippen LogP contribution in [-0.4, -0.2) is 10.3 Å². The number of nitrogens with zero attached hydrogens (tertiary/aromatic N) is 3. The highest BCUT2D eigenvalue weighted by Gasteiger charge is 2.28. The van der Waals surface area contributed by atoms with Crippen LogP contribution in [0, 0.1) is 0 Å². The molecule has 0 fully saturated rings. The Balaban J connectivity index is 2.18. The van der Waals surface area contributed by atoms with Gasteiger partial charge in [-0.3, -0.25) is 0 Å². The molecule has 0 saturated heterocycles. The molecule has 0 aliphatic carbocycles. The van der Waals surface area contributed by atoms with Crippen molar-refractivity contribution in [3.05, 3.63) is 60.4 Å². The largest absolute Gasteiger partial charge is 0.399 e. The molecule has 1 heterocycles. The molecule has 4 nitrogen and oxygen atoms in total. The Morgan fingerprint density at radius 2 is 1.95 bits per heavy atom. The summed E-state index contributed by atoms with van der Waals surface area (Å²) >= 11 is 0. The van der Waals surface area contributed by atoms with E-state index in [1.807, 2.05) is 29.1 Å². The van der Waals surface area contributed by atoms with E-state index in [4.69, 9.17) is 5.73 Å². The van der Waals surface area contributed by atoms with Crippen LogP contribution in [-0.2, 0) is 11.8 Å². The highest BCUT2D eigenvalue weighted by Crippen LogP contribution is 2.25. The molecule has 2 N–H and O–H groups in total. The van der Waals surface area contributed by atoms with Gasteiger partial charge in [0.25, 0.3) is 0 Å². The van der Waals surface area contributed by atoms with Crippen LogP contribution in [0.5, 0.6) is 0 Å². The molecule has 0 aliphatic rings. The summed E-state index contributed by atoms with van der Waals surface area (Å²) in [6, 6.07) is 10.3. The molecule has 4 heteroatoms. The standard InChI is InChI=1S/C18H25N4/c1-5-16(6-2)22-12-11-17(20-21-22)18(3,4)13-14-7-9-15(19)10-8-14/h5,7-12,16H,1,6,13,19H2,2-4H3/q+1. The normalized spacial score (nSPS) is 12.9. The lowest BCUT2D eigenvalue weighted by Gasteiger charge is -2.20. The number of allylic oxidation sites excluding steroid dienone is 1. The van der Waals surface area contributed by atoms with Gasteiger partial charge in [-0.2, -0.15) is 0 Å². The van der Waals surface area contributed by atoms with Crippen molar-refractivity contribution in [2.75, 3.05) is 5.73 Å². The molecule has 0 bridgehead atoms. The average molecular weight is 297 g/mol. The molecule has 1 aromatic carbocycles. The van der Waals surface area contributed by atoms with E-state index in [2.05, 4.69) is 55.9 Å². The molecule has 116 valence electrons. The van der Waals surface area contributed by atoms with E-state index < -0.39 is 0 Å². The van der Waals surface area contributed by atoms with Gasteiger partial charge in [0.2, 0.25) is 0 Å². The van der Waals surface area contributed by atoms with E-state index in [0.717, 1.165) is 24.2 Å². The fourth-order valence-electron chi connectivity index (χ4n) is 2.55. The lowest BCUT2D eigenvalue weighted by molar-refractivity contribution is -0.773. The van der Waals surface area contributed by atoms with E-state index in [9.17, 15) is 0 Å². The van der Waals surface area contributed by atoms with Gasteiger partial charge in [0.15, 0.2) is 5.69 Å². The maximum Gasteiger partial charge on any atom is 0.190 e. The Morgan fingerprint density at radius 1 is 1.27 bits per heavy atom. The van der Waals surface area contributed by atoms with Crippen molar-refractivity contribution in [2.45, 2.75) is 45.1 Å². The molecule has 1 unspecified atom stereocenters. The Labute approximate surface area is 132 Å². The van der Waals surface area contributed by atoms with Gasteiger partial charge in [-0.25, -0.2) is 0 Å². The molecule has 0 saturated carbocycles. The predicted molar refractivity (Wildman–Crippen MR) is 89.3 cm³/mol. The highest BCUT2D eigenvalue weighted by atomic mass is 15.4. The maximum atomic E-state index is 5.74. The zero-order chi connectivity index (χ0) is 16.2. The quantitative estimate of drug-likeness (QED) is 0.506. The number of aromatic nitrogens is 3. The van der Waals surface area contributed by atoms with E-state index in [-0.39, 0.29) is 11.5 Å². The topological polar surface area (TPSA) is 55.7 Å². The summed E-state index contributed by atoms with van der Waals surface area (Å²) in [5.41, 5.74) is 8.67. The summed E-state index contributed by atoms with van der Waals surface area (Å²) in [5.74, 6) is 0. The van der Waals surface area contributed by atoms with Crippen molar-refractivity contribution < 1.29 is 4.68 Å². The van der Waals surface area contributed by atoms with Crippen LogP contribution < -0.4 is 10.4 Å². The third-order valence-corrected chi connectivity index (χ3v) is 3.99. The van der Waals surface area contributed by atoms with Crippen molar-refractivity contribution in [2.24, 2.45) is 0 Å². The maximum absolute atomic E-state index is 5.74. The summed E-state index contributed by atoms with van der Waals surface area (Å²) < 4.78 is 1.86. The second-order valence-corrected chi connectivity index (χ2v) is 6.28. The van der Waals surface area contributed by atoms with Crippen molar-refractivity contribution in [1.82, 2.24) is 10.3 Å². The third kappa shape index (κ3) is 3.70. The van der Waals surface area contributed by atoms with Gasteiger partial charge in [-0.1, -0.05) is 39.5 Å². The third-order valence-electron chi connectivity index (χ3n) is 3.99. The number of anilines is 1. The Bertz CT molecular complexity index is 615. The number of nitrogen functional groups attached to an aromatic ring is 1. The van der Waals surface area contributed by atoms with Crippen LogP contribution in [0.15, 0.2) is 49.2 Å². The van der Waals surface area contributed by atoms with Gasteiger partial charge < -0.3 is 5.73 Å². The molecule has 1 atom stereocenters. The number of benzene rings is 1. The van der Waals surface area contributed by atoms with Gasteiger partial charge in [-0.15, -0.1) is 4.68 Å². The smallest absolute Gasteiger partial charge is 0.190 e. The van der Waals surface area contributed by atoms with Gasteiger partial charge in [0.1, 0.15) is 17.5 Å². The van der Waals surface area contributed by atoms with Crippen LogP contribution in [0.25, 0.3) is 0 Å². The first-order chi connectivity index (χ1) is 10.5. The van der Waals surface area contributed by atoms with Crippen molar-refractivity contribution in [3.8, 4) is 0 Å². The van der Waals surface area contributed by atoms with Crippen LogP contribution in [0.1, 0.15) is 44.5 Å². The van der Waals surface area contributed by atoms with Gasteiger partial charge in [0.05, 0.1) is 5.10 Å². The molecule has 1 aromatic heterocycles.